The number of aryl methyl sites for hydroxylation is 2. The average Bonchev–Trinajstić information content (AvgIpc) is 2.55. The number of nitrogens with two attached hydrogens (primary N) is 1. The molecule has 0 heterocycles. The fourth-order valence-corrected chi connectivity index (χ4v) is 3.08. The minimum Gasteiger partial charge on any atom is -0.462 e. The molecule has 0 saturated heterocycles. The minimum atomic E-state index is -0.756. The highest BCUT2D eigenvalue weighted by Gasteiger charge is 2.18. The summed E-state index contributed by atoms with van der Waals surface area (Å²) in [7, 11) is 0. The molecule has 0 aromatic heterocycles. The topological polar surface area (TPSA) is 87.9 Å². The molecule has 1 unspecified atom stereocenters. The van der Waals surface area contributed by atoms with Crippen molar-refractivity contribution in [2.24, 2.45) is 5.73 Å². The molecule has 0 saturated carbocycles. The number of ether oxygens (including phenoxy) is 3. The van der Waals surface area contributed by atoms with E-state index in [0.717, 1.165) is 16.7 Å². The second-order valence-corrected chi connectivity index (χ2v) is 8.03. The second-order valence-electron chi connectivity index (χ2n) is 7.00. The van der Waals surface area contributed by atoms with Crippen LogP contribution in [-0.2, 0) is 25.7 Å². The molecule has 0 spiro atoms. The quantitative estimate of drug-likeness (QED) is 0.479. The second kappa shape index (κ2) is 11.3. The lowest BCUT2D eigenvalue weighted by atomic mass is 10.1. The molecule has 1 aromatic carbocycles. The van der Waals surface area contributed by atoms with Crippen LogP contribution in [0.5, 0.6) is 5.75 Å². The Morgan fingerprint density at radius 2 is 1.67 bits per heavy atom. The van der Waals surface area contributed by atoms with E-state index in [1.807, 2.05) is 39.8 Å². The summed E-state index contributed by atoms with van der Waals surface area (Å²) < 4.78 is 16.2. The zero-order valence-corrected chi connectivity index (χ0v) is 17.9. The number of benzene rings is 1. The number of esters is 2. The van der Waals surface area contributed by atoms with Crippen molar-refractivity contribution in [3.05, 3.63) is 28.8 Å². The molecule has 0 aliphatic rings. The van der Waals surface area contributed by atoms with Crippen LogP contribution >= 0.6 is 11.8 Å². The lowest BCUT2D eigenvalue weighted by molar-refractivity contribution is -0.148. The maximum absolute atomic E-state index is 12.1. The van der Waals surface area contributed by atoms with Gasteiger partial charge in [0.15, 0.2) is 0 Å². The van der Waals surface area contributed by atoms with E-state index >= 15 is 0 Å². The molecule has 1 atom stereocenters. The number of hydrogen-bond acceptors (Lipinski definition) is 7. The Kier molecular flexibility index (Phi) is 9.83. The Hall–Kier alpha value is -1.57. The predicted octanol–water partition coefficient (Wildman–Crippen LogP) is 3.15. The van der Waals surface area contributed by atoms with Crippen LogP contribution in [0.4, 0.5) is 0 Å². The van der Waals surface area contributed by atoms with Gasteiger partial charge in [0.1, 0.15) is 11.8 Å². The van der Waals surface area contributed by atoms with Crippen molar-refractivity contribution >= 4 is 23.7 Å². The van der Waals surface area contributed by atoms with Crippen LogP contribution in [0.15, 0.2) is 12.1 Å². The fraction of sp³-hybridized carbons (Fsp3) is 0.600. The SMILES string of the molecule is Cc1cc(COC(C)C)cc(C)c1OC(=O)CSCC(N)C(=O)OC(C)C. The molecule has 0 bridgehead atoms. The summed E-state index contributed by atoms with van der Waals surface area (Å²) in [6.07, 6.45) is -0.0530. The molecule has 6 nitrogen and oxygen atoms in total. The maximum atomic E-state index is 12.1. The third-order valence-corrected chi connectivity index (χ3v) is 4.53. The molecule has 1 rings (SSSR count). The van der Waals surface area contributed by atoms with Crippen molar-refractivity contribution in [3.8, 4) is 5.75 Å². The first-order valence-corrected chi connectivity index (χ1v) is 10.2. The summed E-state index contributed by atoms with van der Waals surface area (Å²) in [5, 5.41) is 0. The van der Waals surface area contributed by atoms with Gasteiger partial charge >= 0.3 is 11.9 Å². The van der Waals surface area contributed by atoms with Crippen LogP contribution < -0.4 is 10.5 Å². The number of hydrogen-bond donors (Lipinski definition) is 1. The van der Waals surface area contributed by atoms with Crippen molar-refractivity contribution in [2.75, 3.05) is 11.5 Å². The van der Waals surface area contributed by atoms with Gasteiger partial charge < -0.3 is 19.9 Å². The molecule has 0 radical (unpaired) electrons. The monoisotopic (exact) mass is 397 g/mol. The maximum Gasteiger partial charge on any atom is 0.324 e. The van der Waals surface area contributed by atoms with Crippen LogP contribution in [-0.4, -0.2) is 41.7 Å². The number of carbonyl (C=O) groups excluding carboxylic acids is 2. The summed E-state index contributed by atoms with van der Waals surface area (Å²) >= 11 is 1.25. The van der Waals surface area contributed by atoms with Crippen LogP contribution in [0.3, 0.4) is 0 Å². The van der Waals surface area contributed by atoms with Gasteiger partial charge in [0, 0.05) is 5.75 Å². The number of rotatable bonds is 10. The van der Waals surface area contributed by atoms with E-state index in [2.05, 4.69) is 0 Å². The first kappa shape index (κ1) is 23.5. The normalized spacial score (nSPS) is 12.3. The molecular weight excluding hydrogens is 366 g/mol. The molecule has 1 aromatic rings. The Morgan fingerprint density at radius 1 is 1.07 bits per heavy atom. The van der Waals surface area contributed by atoms with Gasteiger partial charge in [-0.05, 0) is 58.2 Å². The van der Waals surface area contributed by atoms with Crippen molar-refractivity contribution < 1.29 is 23.8 Å². The van der Waals surface area contributed by atoms with Crippen molar-refractivity contribution in [1.29, 1.82) is 0 Å². The average molecular weight is 398 g/mol. The Labute approximate surface area is 166 Å². The van der Waals surface area contributed by atoms with Gasteiger partial charge in [-0.15, -0.1) is 11.8 Å². The van der Waals surface area contributed by atoms with Gasteiger partial charge in [0.2, 0.25) is 0 Å². The van der Waals surface area contributed by atoms with E-state index in [0.29, 0.717) is 18.1 Å². The molecule has 7 heteroatoms. The van der Waals surface area contributed by atoms with Gasteiger partial charge in [-0.1, -0.05) is 12.1 Å². The van der Waals surface area contributed by atoms with Crippen molar-refractivity contribution in [1.82, 2.24) is 0 Å². The third kappa shape index (κ3) is 8.77. The highest BCUT2D eigenvalue weighted by molar-refractivity contribution is 8.00. The zero-order valence-electron chi connectivity index (χ0n) is 17.0. The van der Waals surface area contributed by atoms with E-state index in [1.165, 1.54) is 11.8 Å². The summed E-state index contributed by atoms with van der Waals surface area (Å²) in [5.41, 5.74) is 8.57. The Bertz CT molecular complexity index is 622. The van der Waals surface area contributed by atoms with E-state index in [-0.39, 0.29) is 23.9 Å². The van der Waals surface area contributed by atoms with E-state index < -0.39 is 12.0 Å². The molecule has 0 aliphatic heterocycles. The molecular formula is C20H31NO5S. The standard InChI is InChI=1S/C20H31NO5S/c1-12(2)24-9-16-7-14(5)19(15(6)8-16)26-18(22)11-27-10-17(21)20(23)25-13(3)4/h7-8,12-13,17H,9-11,21H2,1-6H3. The predicted molar refractivity (Wildman–Crippen MR) is 108 cm³/mol. The number of thioether (sulfide) groups is 1. The first-order valence-electron chi connectivity index (χ1n) is 9.06. The number of carbonyl (C=O) groups is 2. The third-order valence-electron chi connectivity index (χ3n) is 3.49. The van der Waals surface area contributed by atoms with Crippen molar-refractivity contribution in [2.45, 2.75) is 66.4 Å². The van der Waals surface area contributed by atoms with Crippen LogP contribution in [0.25, 0.3) is 0 Å². The molecule has 0 aliphatic carbocycles. The van der Waals surface area contributed by atoms with E-state index in [9.17, 15) is 9.59 Å². The first-order chi connectivity index (χ1) is 12.6. The van der Waals surface area contributed by atoms with Gasteiger partial charge in [-0.2, -0.15) is 0 Å². The smallest absolute Gasteiger partial charge is 0.324 e. The highest BCUT2D eigenvalue weighted by atomic mass is 32.2. The largest absolute Gasteiger partial charge is 0.462 e. The summed E-state index contributed by atoms with van der Waals surface area (Å²) in [4.78, 5) is 23.8. The van der Waals surface area contributed by atoms with Crippen LogP contribution in [0.1, 0.15) is 44.4 Å². The molecule has 152 valence electrons. The van der Waals surface area contributed by atoms with E-state index in [1.54, 1.807) is 13.8 Å². The van der Waals surface area contributed by atoms with Crippen molar-refractivity contribution in [3.63, 3.8) is 0 Å². The van der Waals surface area contributed by atoms with E-state index in [4.69, 9.17) is 19.9 Å². The lowest BCUT2D eigenvalue weighted by Gasteiger charge is -2.15. The summed E-state index contributed by atoms with van der Waals surface area (Å²) in [5.74, 6) is 0.139. The molecule has 27 heavy (non-hydrogen) atoms. The van der Waals surface area contributed by atoms with Gasteiger partial charge in [-0.25, -0.2) is 0 Å². The van der Waals surface area contributed by atoms with Gasteiger partial charge in [0.25, 0.3) is 0 Å². The highest BCUT2D eigenvalue weighted by Crippen LogP contribution is 2.26. The lowest BCUT2D eigenvalue weighted by Crippen LogP contribution is -2.36. The summed E-state index contributed by atoms with van der Waals surface area (Å²) in [6.45, 7) is 11.8. The zero-order chi connectivity index (χ0) is 20.6. The molecule has 2 N–H and O–H groups in total. The van der Waals surface area contributed by atoms with Gasteiger partial charge in [-0.3, -0.25) is 9.59 Å². The Balaban J connectivity index is 2.53. The van der Waals surface area contributed by atoms with Crippen LogP contribution in [0, 0.1) is 13.8 Å². The van der Waals surface area contributed by atoms with Crippen LogP contribution in [0.2, 0.25) is 0 Å². The summed E-state index contributed by atoms with van der Waals surface area (Å²) in [6, 6.07) is 3.17. The fourth-order valence-electron chi connectivity index (χ4n) is 2.35. The van der Waals surface area contributed by atoms with Gasteiger partial charge in [0.05, 0.1) is 24.6 Å². The minimum absolute atomic E-state index is 0.111. The molecule has 0 fully saturated rings. The Morgan fingerprint density at radius 3 is 2.19 bits per heavy atom. The molecule has 0 amide bonds.